The Morgan fingerprint density at radius 2 is 1.64 bits per heavy atom. The average Bonchev–Trinajstić information content (AvgIpc) is 2.87. The molecule has 8 heteroatoms. The zero-order valence-electron chi connectivity index (χ0n) is 15.4. The molecule has 1 unspecified atom stereocenters. The molecule has 1 aliphatic rings. The number of nitrogens with zero attached hydrogens (tertiary/aromatic N) is 1. The second kappa shape index (κ2) is 7.84. The fourth-order valence-corrected chi connectivity index (χ4v) is 2.95. The van der Waals surface area contributed by atoms with Crippen molar-refractivity contribution in [1.82, 2.24) is 10.2 Å². The van der Waals surface area contributed by atoms with Gasteiger partial charge >= 0.3 is 12.6 Å². The molecule has 6 nitrogen and oxygen atoms in total. The lowest BCUT2D eigenvalue weighted by molar-refractivity contribution is -0.131. The number of halogens is 2. The summed E-state index contributed by atoms with van der Waals surface area (Å²) in [6.45, 7) is 0.833. The Kier molecular flexibility index (Phi) is 5.48. The first kappa shape index (κ1) is 19.6. The standard InChI is InChI=1S/C20H20F2N2O4/c1-13-3-7-15(8-4-13)27-12-11-24-17(25)20(2,23-19(24)26)14-5-9-16(10-6-14)28-18(21)22/h3-10,18H,11-12H2,1-2H3,(H,23,26). The largest absolute Gasteiger partial charge is 0.492 e. The number of hydrogen-bond donors (Lipinski definition) is 1. The Morgan fingerprint density at radius 1 is 1.04 bits per heavy atom. The predicted molar refractivity (Wildman–Crippen MR) is 97.3 cm³/mol. The quantitative estimate of drug-likeness (QED) is 0.736. The van der Waals surface area contributed by atoms with Crippen molar-refractivity contribution in [3.05, 3.63) is 59.7 Å². The highest BCUT2D eigenvalue weighted by atomic mass is 19.3. The van der Waals surface area contributed by atoms with Crippen molar-refractivity contribution in [1.29, 1.82) is 0 Å². The predicted octanol–water partition coefficient (Wildman–Crippen LogP) is 3.44. The molecule has 2 aromatic carbocycles. The van der Waals surface area contributed by atoms with Crippen LogP contribution in [-0.2, 0) is 10.3 Å². The fourth-order valence-electron chi connectivity index (χ4n) is 2.95. The van der Waals surface area contributed by atoms with Crippen molar-refractivity contribution in [3.8, 4) is 11.5 Å². The van der Waals surface area contributed by atoms with Crippen molar-refractivity contribution in [2.24, 2.45) is 0 Å². The van der Waals surface area contributed by atoms with E-state index in [1.54, 1.807) is 6.92 Å². The van der Waals surface area contributed by atoms with Crippen LogP contribution in [0.25, 0.3) is 0 Å². The van der Waals surface area contributed by atoms with Crippen molar-refractivity contribution >= 4 is 11.9 Å². The summed E-state index contributed by atoms with van der Waals surface area (Å²) in [6.07, 6.45) is 0. The van der Waals surface area contributed by atoms with Crippen molar-refractivity contribution in [3.63, 3.8) is 0 Å². The molecule has 0 aromatic heterocycles. The number of imide groups is 1. The van der Waals surface area contributed by atoms with Crippen LogP contribution in [0.5, 0.6) is 11.5 Å². The van der Waals surface area contributed by atoms with Crippen molar-refractivity contribution in [2.45, 2.75) is 26.0 Å². The van der Waals surface area contributed by atoms with Crippen LogP contribution in [0, 0.1) is 6.92 Å². The highest BCUT2D eigenvalue weighted by Crippen LogP contribution is 2.30. The van der Waals surface area contributed by atoms with Gasteiger partial charge in [-0.2, -0.15) is 8.78 Å². The summed E-state index contributed by atoms with van der Waals surface area (Å²) in [5.74, 6) is 0.185. The van der Waals surface area contributed by atoms with Crippen LogP contribution in [0.4, 0.5) is 13.6 Å². The van der Waals surface area contributed by atoms with Gasteiger partial charge in [0.15, 0.2) is 0 Å². The molecule has 2 aromatic rings. The van der Waals surface area contributed by atoms with Gasteiger partial charge in [0.2, 0.25) is 0 Å². The topological polar surface area (TPSA) is 67.9 Å². The monoisotopic (exact) mass is 390 g/mol. The third-order valence-electron chi connectivity index (χ3n) is 4.54. The van der Waals surface area contributed by atoms with Gasteiger partial charge in [0, 0.05) is 0 Å². The molecular formula is C20H20F2N2O4. The normalized spacial score (nSPS) is 19.1. The molecule has 0 radical (unpaired) electrons. The molecule has 0 bridgehead atoms. The van der Waals surface area contributed by atoms with Crippen LogP contribution in [0.15, 0.2) is 48.5 Å². The summed E-state index contributed by atoms with van der Waals surface area (Å²) in [4.78, 5) is 26.2. The van der Waals surface area contributed by atoms with E-state index in [-0.39, 0.29) is 18.9 Å². The number of hydrogen-bond acceptors (Lipinski definition) is 4. The first-order valence-electron chi connectivity index (χ1n) is 8.68. The maximum Gasteiger partial charge on any atom is 0.387 e. The molecule has 0 spiro atoms. The second-order valence-corrected chi connectivity index (χ2v) is 6.58. The Hall–Kier alpha value is -3.16. The van der Waals surface area contributed by atoms with E-state index < -0.39 is 24.1 Å². The molecule has 3 rings (SSSR count). The van der Waals surface area contributed by atoms with Gasteiger partial charge in [-0.1, -0.05) is 29.8 Å². The van der Waals surface area contributed by atoms with Crippen molar-refractivity contribution in [2.75, 3.05) is 13.2 Å². The molecule has 1 saturated heterocycles. The summed E-state index contributed by atoms with van der Waals surface area (Å²) in [7, 11) is 0. The van der Waals surface area contributed by atoms with Crippen LogP contribution >= 0.6 is 0 Å². The first-order valence-corrected chi connectivity index (χ1v) is 8.68. The number of amides is 3. The SMILES string of the molecule is Cc1ccc(OCCN2C(=O)NC(C)(c3ccc(OC(F)F)cc3)C2=O)cc1. The highest BCUT2D eigenvalue weighted by molar-refractivity contribution is 6.07. The number of alkyl halides is 2. The van der Waals surface area contributed by atoms with Crippen LogP contribution in [-0.4, -0.2) is 36.6 Å². The van der Waals surface area contributed by atoms with Gasteiger partial charge in [-0.3, -0.25) is 9.69 Å². The number of ether oxygens (including phenoxy) is 2. The minimum Gasteiger partial charge on any atom is -0.492 e. The van der Waals surface area contributed by atoms with E-state index in [9.17, 15) is 18.4 Å². The molecule has 1 heterocycles. The third kappa shape index (κ3) is 4.05. The van der Waals surface area contributed by atoms with Gasteiger partial charge in [0.25, 0.3) is 5.91 Å². The summed E-state index contributed by atoms with van der Waals surface area (Å²) in [6, 6.07) is 12.5. The van der Waals surface area contributed by atoms with Gasteiger partial charge in [-0.15, -0.1) is 0 Å². The van der Waals surface area contributed by atoms with E-state index in [4.69, 9.17) is 4.74 Å². The number of nitrogens with one attached hydrogen (secondary N) is 1. The van der Waals surface area contributed by atoms with E-state index in [0.29, 0.717) is 11.3 Å². The molecule has 1 N–H and O–H groups in total. The van der Waals surface area contributed by atoms with E-state index >= 15 is 0 Å². The second-order valence-electron chi connectivity index (χ2n) is 6.58. The van der Waals surface area contributed by atoms with Gasteiger partial charge in [0.1, 0.15) is 23.6 Å². The summed E-state index contributed by atoms with van der Waals surface area (Å²) in [5.41, 5.74) is 0.279. The maximum absolute atomic E-state index is 12.8. The molecule has 1 atom stereocenters. The third-order valence-corrected chi connectivity index (χ3v) is 4.54. The molecule has 3 amide bonds. The van der Waals surface area contributed by atoms with Crippen LogP contribution in [0.3, 0.4) is 0 Å². The highest BCUT2D eigenvalue weighted by Gasteiger charge is 2.48. The lowest BCUT2D eigenvalue weighted by atomic mass is 9.92. The number of benzene rings is 2. The van der Waals surface area contributed by atoms with Crippen LogP contribution < -0.4 is 14.8 Å². The zero-order valence-corrected chi connectivity index (χ0v) is 15.4. The summed E-state index contributed by atoms with van der Waals surface area (Å²) < 4.78 is 34.4. The smallest absolute Gasteiger partial charge is 0.387 e. The average molecular weight is 390 g/mol. The van der Waals surface area contributed by atoms with E-state index in [0.717, 1.165) is 10.5 Å². The molecule has 1 fully saturated rings. The molecule has 0 saturated carbocycles. The van der Waals surface area contributed by atoms with Gasteiger partial charge < -0.3 is 14.8 Å². The lowest BCUT2D eigenvalue weighted by Crippen LogP contribution is -2.41. The summed E-state index contributed by atoms with van der Waals surface area (Å²) >= 11 is 0. The lowest BCUT2D eigenvalue weighted by Gasteiger charge is -2.22. The Bertz CT molecular complexity index is 856. The van der Waals surface area contributed by atoms with Gasteiger partial charge in [0.05, 0.1) is 6.54 Å². The summed E-state index contributed by atoms with van der Waals surface area (Å²) in [5, 5.41) is 2.66. The molecule has 1 aliphatic heterocycles. The molecule has 148 valence electrons. The number of carbonyl (C=O) groups excluding carboxylic acids is 2. The number of aryl methyl sites for hydroxylation is 1. The maximum atomic E-state index is 12.8. The number of rotatable bonds is 7. The fraction of sp³-hybridized carbons (Fsp3) is 0.300. The van der Waals surface area contributed by atoms with E-state index in [1.807, 2.05) is 31.2 Å². The van der Waals surface area contributed by atoms with E-state index in [1.165, 1.54) is 24.3 Å². The van der Waals surface area contributed by atoms with Crippen LogP contribution in [0.1, 0.15) is 18.1 Å². The molecule has 28 heavy (non-hydrogen) atoms. The van der Waals surface area contributed by atoms with Crippen LogP contribution in [0.2, 0.25) is 0 Å². The van der Waals surface area contributed by atoms with Gasteiger partial charge in [-0.25, -0.2) is 4.79 Å². The Labute approximate surface area is 161 Å². The van der Waals surface area contributed by atoms with Gasteiger partial charge in [-0.05, 0) is 43.7 Å². The minimum absolute atomic E-state index is 0.0255. The Morgan fingerprint density at radius 3 is 2.25 bits per heavy atom. The van der Waals surface area contributed by atoms with E-state index in [2.05, 4.69) is 10.1 Å². The molecule has 0 aliphatic carbocycles. The number of urea groups is 1. The first-order chi connectivity index (χ1) is 13.3. The minimum atomic E-state index is -2.93. The number of carbonyl (C=O) groups is 2. The zero-order chi connectivity index (χ0) is 20.3. The van der Waals surface area contributed by atoms with Crippen molar-refractivity contribution < 1.29 is 27.8 Å². The molecular weight excluding hydrogens is 370 g/mol. The Balaban J connectivity index is 1.65.